The summed E-state index contributed by atoms with van der Waals surface area (Å²) in [4.78, 5) is 25.1. The Labute approximate surface area is 124 Å². The highest BCUT2D eigenvalue weighted by Crippen LogP contribution is 2.12. The van der Waals surface area contributed by atoms with Crippen molar-refractivity contribution < 1.29 is 14.7 Å². The summed E-state index contributed by atoms with van der Waals surface area (Å²) in [5, 5.41) is 18.2. The lowest BCUT2D eigenvalue weighted by Crippen LogP contribution is -2.51. The van der Waals surface area contributed by atoms with E-state index < -0.39 is 18.0 Å². The van der Waals surface area contributed by atoms with Crippen molar-refractivity contribution in [1.29, 1.82) is 0 Å². The maximum Gasteiger partial charge on any atom is 0.331 e. The molecule has 0 saturated heterocycles. The summed E-state index contributed by atoms with van der Waals surface area (Å²) >= 11 is 0. The zero-order valence-electron chi connectivity index (χ0n) is 13.0. The van der Waals surface area contributed by atoms with E-state index in [1.807, 2.05) is 32.8 Å². The molecule has 8 nitrogen and oxygen atoms in total. The van der Waals surface area contributed by atoms with Crippen LogP contribution in [0.25, 0.3) is 0 Å². The number of hydrogen-bond donors (Lipinski definition) is 3. The highest BCUT2D eigenvalue weighted by Gasteiger charge is 2.25. The Morgan fingerprint density at radius 2 is 2.10 bits per heavy atom. The van der Waals surface area contributed by atoms with Crippen molar-refractivity contribution in [1.82, 2.24) is 25.3 Å². The van der Waals surface area contributed by atoms with Gasteiger partial charge >= 0.3 is 12.0 Å². The number of aryl methyl sites for hydroxylation is 1. The molecule has 8 heteroatoms. The van der Waals surface area contributed by atoms with Crippen LogP contribution in [0.15, 0.2) is 12.4 Å². The number of amides is 2. The number of carbonyl (C=O) groups excluding carboxylic acids is 1. The molecule has 1 rings (SSSR count). The Bertz CT molecular complexity index is 510. The van der Waals surface area contributed by atoms with Gasteiger partial charge in [-0.25, -0.2) is 9.59 Å². The number of nitrogens with one attached hydrogen (secondary N) is 2. The lowest BCUT2D eigenvalue weighted by atomic mass is 10.0. The van der Waals surface area contributed by atoms with Crippen LogP contribution in [0.4, 0.5) is 4.79 Å². The van der Waals surface area contributed by atoms with Crippen LogP contribution in [0.2, 0.25) is 0 Å². The first-order valence-corrected chi connectivity index (χ1v) is 6.56. The molecule has 3 N–H and O–H groups in total. The third-order valence-corrected chi connectivity index (χ3v) is 3.47. The molecule has 1 unspecified atom stereocenters. The third kappa shape index (κ3) is 4.75. The highest BCUT2D eigenvalue weighted by molar-refractivity contribution is 5.83. The molecule has 0 aliphatic heterocycles. The van der Waals surface area contributed by atoms with Crippen molar-refractivity contribution in [3.8, 4) is 0 Å². The van der Waals surface area contributed by atoms with Crippen molar-refractivity contribution in [3.63, 3.8) is 0 Å². The number of likely N-dealkylation sites (N-methyl/N-ethyl adjacent to an activating group) is 1. The van der Waals surface area contributed by atoms with E-state index >= 15 is 0 Å². The summed E-state index contributed by atoms with van der Waals surface area (Å²) in [5.41, 5.74) is 0.191. The molecule has 21 heavy (non-hydrogen) atoms. The minimum atomic E-state index is -1.13. The van der Waals surface area contributed by atoms with E-state index in [1.54, 1.807) is 13.2 Å². The SMILES string of the molecule is CN(C)C(C)(C)CNC(=O)NC(C(=O)O)c1cnn(C)c1. The molecule has 1 aromatic heterocycles. The standard InChI is InChI=1S/C13H23N5O3/c1-13(2,17(3)4)8-14-12(21)16-10(11(19)20)9-6-15-18(5)7-9/h6-7,10H,8H2,1-5H3,(H,19,20)(H2,14,16,21). The molecule has 0 bridgehead atoms. The first kappa shape index (κ1) is 17.0. The topological polar surface area (TPSA) is 99.5 Å². The average Bonchev–Trinajstić information content (AvgIpc) is 2.79. The first-order chi connectivity index (χ1) is 9.63. The van der Waals surface area contributed by atoms with E-state index in [0.29, 0.717) is 12.1 Å². The number of urea groups is 1. The Kier molecular flexibility index (Phi) is 5.31. The van der Waals surface area contributed by atoms with Gasteiger partial charge in [0, 0.05) is 30.9 Å². The molecule has 2 amide bonds. The maximum atomic E-state index is 11.9. The van der Waals surface area contributed by atoms with E-state index in [-0.39, 0.29) is 5.54 Å². The van der Waals surface area contributed by atoms with E-state index in [1.165, 1.54) is 10.9 Å². The average molecular weight is 297 g/mol. The molecule has 1 aromatic rings. The van der Waals surface area contributed by atoms with Crippen LogP contribution < -0.4 is 10.6 Å². The van der Waals surface area contributed by atoms with Crippen molar-refractivity contribution >= 4 is 12.0 Å². The summed E-state index contributed by atoms with van der Waals surface area (Å²) < 4.78 is 1.49. The second-order valence-corrected chi connectivity index (χ2v) is 5.75. The van der Waals surface area contributed by atoms with Crippen LogP contribution in [0.1, 0.15) is 25.5 Å². The van der Waals surface area contributed by atoms with Gasteiger partial charge < -0.3 is 20.6 Å². The van der Waals surface area contributed by atoms with Gasteiger partial charge in [0.1, 0.15) is 0 Å². The summed E-state index contributed by atoms with van der Waals surface area (Å²) in [6.07, 6.45) is 2.98. The van der Waals surface area contributed by atoms with E-state index in [4.69, 9.17) is 0 Å². The number of carboxylic acid groups (broad SMARTS) is 1. The smallest absolute Gasteiger partial charge is 0.331 e. The molecule has 0 aliphatic rings. The molecule has 1 atom stereocenters. The van der Waals surface area contributed by atoms with Crippen molar-refractivity contribution in [2.24, 2.45) is 7.05 Å². The van der Waals surface area contributed by atoms with Gasteiger partial charge in [0.2, 0.25) is 0 Å². The predicted molar refractivity (Wildman–Crippen MR) is 77.9 cm³/mol. The summed E-state index contributed by atoms with van der Waals surface area (Å²) in [7, 11) is 5.51. The number of carboxylic acids is 1. The number of aromatic nitrogens is 2. The van der Waals surface area contributed by atoms with Gasteiger partial charge in [0.05, 0.1) is 6.20 Å². The third-order valence-electron chi connectivity index (χ3n) is 3.47. The monoisotopic (exact) mass is 297 g/mol. The molecule has 0 saturated carbocycles. The summed E-state index contributed by atoms with van der Waals surface area (Å²) in [6, 6.07) is -1.65. The lowest BCUT2D eigenvalue weighted by Gasteiger charge is -2.32. The number of nitrogens with zero attached hydrogens (tertiary/aromatic N) is 3. The molecule has 0 spiro atoms. The van der Waals surface area contributed by atoms with Gasteiger partial charge in [-0.05, 0) is 27.9 Å². The van der Waals surface area contributed by atoms with Crippen LogP contribution in [-0.2, 0) is 11.8 Å². The fourth-order valence-electron chi connectivity index (χ4n) is 1.51. The van der Waals surface area contributed by atoms with Crippen LogP contribution in [0.5, 0.6) is 0 Å². The first-order valence-electron chi connectivity index (χ1n) is 6.56. The molecule has 0 aromatic carbocycles. The molecule has 0 aliphatic carbocycles. The second-order valence-electron chi connectivity index (χ2n) is 5.75. The molecule has 0 radical (unpaired) electrons. The van der Waals surface area contributed by atoms with E-state index in [2.05, 4.69) is 15.7 Å². The number of rotatable bonds is 6. The molecular formula is C13H23N5O3. The fraction of sp³-hybridized carbons (Fsp3) is 0.615. The normalized spacial score (nSPS) is 13.0. The van der Waals surface area contributed by atoms with E-state index in [9.17, 15) is 14.7 Å². The van der Waals surface area contributed by atoms with Gasteiger partial charge in [0.15, 0.2) is 6.04 Å². The van der Waals surface area contributed by atoms with Gasteiger partial charge in [0.25, 0.3) is 0 Å². The van der Waals surface area contributed by atoms with Crippen LogP contribution >= 0.6 is 0 Å². The molecule has 118 valence electrons. The Hall–Kier alpha value is -2.09. The fourth-order valence-corrected chi connectivity index (χ4v) is 1.51. The molecule has 1 heterocycles. The van der Waals surface area contributed by atoms with Crippen molar-refractivity contribution in [3.05, 3.63) is 18.0 Å². The number of aliphatic carboxylic acids is 1. The lowest BCUT2D eigenvalue weighted by molar-refractivity contribution is -0.139. The quantitative estimate of drug-likeness (QED) is 0.696. The predicted octanol–water partition coefficient (Wildman–Crippen LogP) is 0.185. The molecule has 0 fully saturated rings. The van der Waals surface area contributed by atoms with Gasteiger partial charge in [-0.1, -0.05) is 0 Å². The van der Waals surface area contributed by atoms with Gasteiger partial charge in [-0.3, -0.25) is 4.68 Å². The zero-order valence-corrected chi connectivity index (χ0v) is 13.0. The van der Waals surface area contributed by atoms with Gasteiger partial charge in [-0.15, -0.1) is 0 Å². The van der Waals surface area contributed by atoms with Crippen molar-refractivity contribution in [2.45, 2.75) is 25.4 Å². The second kappa shape index (κ2) is 6.57. The van der Waals surface area contributed by atoms with Crippen LogP contribution in [-0.4, -0.2) is 58.0 Å². The number of hydrogen-bond acceptors (Lipinski definition) is 4. The molecular weight excluding hydrogens is 274 g/mol. The van der Waals surface area contributed by atoms with Gasteiger partial charge in [-0.2, -0.15) is 5.10 Å². The van der Waals surface area contributed by atoms with E-state index in [0.717, 1.165) is 0 Å². The minimum absolute atomic E-state index is 0.232. The minimum Gasteiger partial charge on any atom is -0.479 e. The van der Waals surface area contributed by atoms with Crippen molar-refractivity contribution in [2.75, 3.05) is 20.6 Å². The highest BCUT2D eigenvalue weighted by atomic mass is 16.4. The Morgan fingerprint density at radius 3 is 2.52 bits per heavy atom. The largest absolute Gasteiger partial charge is 0.479 e. The zero-order chi connectivity index (χ0) is 16.2. The Morgan fingerprint density at radius 1 is 1.48 bits per heavy atom. The summed E-state index contributed by atoms with van der Waals surface area (Å²) in [5.74, 6) is -1.13. The number of carbonyl (C=O) groups is 2. The maximum absolute atomic E-state index is 11.9. The van der Waals surface area contributed by atoms with Crippen LogP contribution in [0, 0.1) is 0 Å². The van der Waals surface area contributed by atoms with Crippen LogP contribution in [0.3, 0.4) is 0 Å². The summed E-state index contributed by atoms with van der Waals surface area (Å²) in [6.45, 7) is 4.34. The Balaban J connectivity index is 2.64.